The monoisotopic (exact) mass is 348 g/mol. The van der Waals surface area contributed by atoms with Crippen molar-refractivity contribution in [3.05, 3.63) is 58.3 Å². The molecule has 0 amide bonds. The van der Waals surface area contributed by atoms with E-state index in [9.17, 15) is 0 Å². The van der Waals surface area contributed by atoms with Crippen molar-refractivity contribution in [2.45, 2.75) is 26.3 Å². The molecule has 0 atom stereocenters. The highest BCUT2D eigenvalue weighted by Gasteiger charge is 2.03. The highest BCUT2D eigenvalue weighted by atomic mass is 79.9. The minimum atomic E-state index is 0.663. The van der Waals surface area contributed by atoms with Crippen LogP contribution >= 0.6 is 15.9 Å². The van der Waals surface area contributed by atoms with E-state index in [0.717, 1.165) is 36.2 Å². The lowest BCUT2D eigenvalue weighted by molar-refractivity contribution is 0.320. The molecule has 0 spiro atoms. The summed E-state index contributed by atoms with van der Waals surface area (Å²) >= 11 is 3.58. The molecule has 0 aliphatic heterocycles. The van der Waals surface area contributed by atoms with Crippen molar-refractivity contribution in [1.29, 1.82) is 0 Å². The fraction of sp³-hybridized carbons (Fsp3) is 0.353. The first kappa shape index (κ1) is 16.0. The number of nitrogens with one attached hydrogen (secondary N) is 1. The number of halogens is 1. The van der Waals surface area contributed by atoms with Crippen LogP contribution < -0.4 is 10.1 Å². The van der Waals surface area contributed by atoms with Crippen LogP contribution in [0, 0.1) is 0 Å². The number of pyridine rings is 1. The molecule has 0 saturated carbocycles. The summed E-state index contributed by atoms with van der Waals surface area (Å²) in [6, 6.07) is 10.3. The van der Waals surface area contributed by atoms with E-state index in [4.69, 9.17) is 4.74 Å². The molecule has 3 nitrogen and oxygen atoms in total. The van der Waals surface area contributed by atoms with Gasteiger partial charge < -0.3 is 10.1 Å². The summed E-state index contributed by atoms with van der Waals surface area (Å²) in [5, 5.41) is 3.40. The van der Waals surface area contributed by atoms with Gasteiger partial charge in [-0.3, -0.25) is 4.98 Å². The summed E-state index contributed by atoms with van der Waals surface area (Å²) in [5.41, 5.74) is 2.50. The molecule has 112 valence electrons. The van der Waals surface area contributed by atoms with Gasteiger partial charge >= 0.3 is 0 Å². The molecule has 4 heteroatoms. The lowest BCUT2D eigenvalue weighted by Crippen LogP contribution is -2.13. The third kappa shape index (κ3) is 5.48. The minimum Gasteiger partial charge on any atom is -0.492 e. The van der Waals surface area contributed by atoms with E-state index in [2.05, 4.69) is 45.3 Å². The van der Waals surface area contributed by atoms with Gasteiger partial charge in [0.1, 0.15) is 5.75 Å². The van der Waals surface area contributed by atoms with Gasteiger partial charge in [0.2, 0.25) is 0 Å². The molecular formula is C17H21BrN2O. The Bertz CT molecular complexity index is 546. The second-order valence-electron chi connectivity index (χ2n) is 4.90. The second kappa shape index (κ2) is 8.80. The second-order valence-corrected chi connectivity index (χ2v) is 5.75. The molecule has 0 unspecified atom stereocenters. The average Bonchev–Trinajstić information content (AvgIpc) is 2.51. The molecule has 0 bridgehead atoms. The van der Waals surface area contributed by atoms with E-state index in [1.807, 2.05) is 30.6 Å². The average molecular weight is 349 g/mol. The summed E-state index contributed by atoms with van der Waals surface area (Å²) in [7, 11) is 0. The van der Waals surface area contributed by atoms with Crippen LogP contribution in [0.15, 0.2) is 47.2 Å². The van der Waals surface area contributed by atoms with Crippen molar-refractivity contribution >= 4 is 15.9 Å². The number of hydrogen-bond acceptors (Lipinski definition) is 3. The Labute approximate surface area is 134 Å². The Kier molecular flexibility index (Phi) is 6.70. The molecular weight excluding hydrogens is 328 g/mol. The number of ether oxygens (including phenoxy) is 1. The molecule has 0 radical (unpaired) electrons. The van der Waals surface area contributed by atoms with Gasteiger partial charge in [-0.05, 0) is 64.3 Å². The molecule has 21 heavy (non-hydrogen) atoms. The standard InChI is InChI=1S/C17H21BrN2O/c1-2-8-20-13-15-3-4-17(16(18)12-15)21-11-7-14-5-9-19-10-6-14/h3-6,9-10,12,20H,2,7-8,11,13H2,1H3. The molecule has 1 heterocycles. The van der Waals surface area contributed by atoms with Crippen molar-refractivity contribution in [2.24, 2.45) is 0 Å². The van der Waals surface area contributed by atoms with Crippen LogP contribution in [0.3, 0.4) is 0 Å². The maximum atomic E-state index is 5.83. The Morgan fingerprint density at radius 2 is 1.95 bits per heavy atom. The quantitative estimate of drug-likeness (QED) is 0.733. The Morgan fingerprint density at radius 3 is 2.67 bits per heavy atom. The fourth-order valence-corrected chi connectivity index (χ4v) is 2.55. The molecule has 0 fully saturated rings. The number of benzene rings is 1. The van der Waals surface area contributed by atoms with E-state index in [1.165, 1.54) is 11.1 Å². The number of nitrogens with zero attached hydrogens (tertiary/aromatic N) is 1. The van der Waals surface area contributed by atoms with Crippen LogP contribution in [-0.2, 0) is 13.0 Å². The van der Waals surface area contributed by atoms with Gasteiger partial charge in [0.25, 0.3) is 0 Å². The first-order valence-electron chi connectivity index (χ1n) is 7.30. The van der Waals surface area contributed by atoms with Crippen LogP contribution in [0.1, 0.15) is 24.5 Å². The van der Waals surface area contributed by atoms with E-state index in [0.29, 0.717) is 6.61 Å². The van der Waals surface area contributed by atoms with Gasteiger partial charge in [-0.2, -0.15) is 0 Å². The summed E-state index contributed by atoms with van der Waals surface area (Å²) in [4.78, 5) is 4.01. The van der Waals surface area contributed by atoms with Gasteiger partial charge in [-0.25, -0.2) is 0 Å². The van der Waals surface area contributed by atoms with Crippen molar-refractivity contribution in [1.82, 2.24) is 10.3 Å². The van der Waals surface area contributed by atoms with E-state index in [-0.39, 0.29) is 0 Å². The Hall–Kier alpha value is -1.39. The molecule has 1 N–H and O–H groups in total. The minimum absolute atomic E-state index is 0.663. The largest absolute Gasteiger partial charge is 0.492 e. The summed E-state index contributed by atoms with van der Waals surface area (Å²) in [6.07, 6.45) is 5.65. The Morgan fingerprint density at radius 1 is 1.14 bits per heavy atom. The Balaban J connectivity index is 1.83. The third-order valence-electron chi connectivity index (χ3n) is 3.15. The topological polar surface area (TPSA) is 34.1 Å². The summed E-state index contributed by atoms with van der Waals surface area (Å²) in [6.45, 7) is 4.77. The van der Waals surface area contributed by atoms with Crippen LogP contribution in [0.5, 0.6) is 5.75 Å². The first-order valence-corrected chi connectivity index (χ1v) is 8.09. The molecule has 1 aromatic heterocycles. The number of rotatable bonds is 8. The van der Waals surface area contributed by atoms with Crippen LogP contribution in [0.25, 0.3) is 0 Å². The first-order chi connectivity index (χ1) is 10.3. The zero-order valence-corrected chi connectivity index (χ0v) is 13.9. The van der Waals surface area contributed by atoms with Crippen LogP contribution in [-0.4, -0.2) is 18.1 Å². The van der Waals surface area contributed by atoms with Crippen molar-refractivity contribution < 1.29 is 4.74 Å². The van der Waals surface area contributed by atoms with Gasteiger partial charge in [0.05, 0.1) is 11.1 Å². The normalized spacial score (nSPS) is 10.6. The fourth-order valence-electron chi connectivity index (χ4n) is 2.01. The van der Waals surface area contributed by atoms with E-state index >= 15 is 0 Å². The van der Waals surface area contributed by atoms with Gasteiger partial charge in [-0.1, -0.05) is 13.0 Å². The van der Waals surface area contributed by atoms with Gasteiger partial charge in [-0.15, -0.1) is 0 Å². The van der Waals surface area contributed by atoms with Crippen LogP contribution in [0.2, 0.25) is 0 Å². The summed E-state index contributed by atoms with van der Waals surface area (Å²) in [5.74, 6) is 0.892. The predicted octanol–water partition coefficient (Wildman–Crippen LogP) is 3.97. The lowest BCUT2D eigenvalue weighted by Gasteiger charge is -2.10. The zero-order valence-electron chi connectivity index (χ0n) is 12.3. The zero-order chi connectivity index (χ0) is 14.9. The molecule has 1 aromatic carbocycles. The van der Waals surface area contributed by atoms with Crippen molar-refractivity contribution in [3.63, 3.8) is 0 Å². The highest BCUT2D eigenvalue weighted by molar-refractivity contribution is 9.10. The van der Waals surface area contributed by atoms with Gasteiger partial charge in [0.15, 0.2) is 0 Å². The number of hydrogen-bond donors (Lipinski definition) is 1. The molecule has 0 saturated heterocycles. The van der Waals surface area contributed by atoms with E-state index in [1.54, 1.807) is 0 Å². The van der Waals surface area contributed by atoms with Crippen molar-refractivity contribution in [2.75, 3.05) is 13.2 Å². The van der Waals surface area contributed by atoms with E-state index < -0.39 is 0 Å². The smallest absolute Gasteiger partial charge is 0.133 e. The predicted molar refractivity (Wildman–Crippen MR) is 89.6 cm³/mol. The lowest BCUT2D eigenvalue weighted by atomic mass is 10.2. The third-order valence-corrected chi connectivity index (χ3v) is 3.77. The maximum Gasteiger partial charge on any atom is 0.133 e. The molecule has 2 rings (SSSR count). The SMILES string of the molecule is CCCNCc1ccc(OCCc2ccncc2)c(Br)c1. The highest BCUT2D eigenvalue weighted by Crippen LogP contribution is 2.26. The van der Waals surface area contributed by atoms with Gasteiger partial charge in [0, 0.05) is 25.4 Å². The summed E-state index contributed by atoms with van der Waals surface area (Å²) < 4.78 is 6.84. The molecule has 0 aliphatic rings. The number of aromatic nitrogens is 1. The molecule has 2 aromatic rings. The molecule has 0 aliphatic carbocycles. The van der Waals surface area contributed by atoms with Crippen molar-refractivity contribution in [3.8, 4) is 5.75 Å². The maximum absolute atomic E-state index is 5.83. The van der Waals surface area contributed by atoms with Crippen LogP contribution in [0.4, 0.5) is 0 Å².